The van der Waals surface area contributed by atoms with Gasteiger partial charge < -0.3 is 9.64 Å². The number of hydrogen-bond donors (Lipinski definition) is 0. The molecule has 0 saturated carbocycles. The lowest BCUT2D eigenvalue weighted by Gasteiger charge is -2.50. The predicted octanol–water partition coefficient (Wildman–Crippen LogP) is 4.31. The first kappa shape index (κ1) is 16.2. The number of halogens is 1. The molecule has 0 N–H and O–H groups in total. The lowest BCUT2D eigenvalue weighted by atomic mass is 9.91. The topological polar surface area (TPSA) is 28.1 Å². The van der Waals surface area contributed by atoms with Crippen LogP contribution in [-0.2, 0) is 0 Å². The van der Waals surface area contributed by atoms with Crippen LogP contribution in [-0.4, -0.2) is 41.5 Å². The maximum atomic E-state index is 6.60. The van der Waals surface area contributed by atoms with E-state index in [-0.39, 0.29) is 11.8 Å². The molecule has 1 atom stereocenters. The third kappa shape index (κ3) is 2.51. The third-order valence-corrected chi connectivity index (χ3v) is 6.10. The van der Waals surface area contributed by atoms with Crippen LogP contribution in [0.3, 0.4) is 0 Å². The number of hydrogen-bond acceptors (Lipinski definition) is 4. The molecule has 4 nitrogen and oxygen atoms in total. The summed E-state index contributed by atoms with van der Waals surface area (Å²) in [6, 6.07) is 16.7. The molecular formula is C21H22ClN3O. The second kappa shape index (κ2) is 6.00. The van der Waals surface area contributed by atoms with Gasteiger partial charge in [-0.1, -0.05) is 41.9 Å². The summed E-state index contributed by atoms with van der Waals surface area (Å²) in [5.74, 6) is 1.02. The quantitative estimate of drug-likeness (QED) is 0.752. The van der Waals surface area contributed by atoms with Crippen molar-refractivity contribution >= 4 is 17.3 Å². The molecule has 5 rings (SSSR count). The first-order valence-corrected chi connectivity index (χ1v) is 9.62. The van der Waals surface area contributed by atoms with Gasteiger partial charge in [0.2, 0.25) is 5.72 Å². The van der Waals surface area contributed by atoms with Crippen LogP contribution in [0.1, 0.15) is 36.4 Å². The minimum absolute atomic E-state index is 0.244. The molecule has 3 aliphatic rings. The molecule has 0 unspecified atom stereocenters. The van der Waals surface area contributed by atoms with Crippen LogP contribution in [0.2, 0.25) is 5.02 Å². The monoisotopic (exact) mass is 367 g/mol. The first-order valence-electron chi connectivity index (χ1n) is 9.24. The minimum atomic E-state index is -0.334. The van der Waals surface area contributed by atoms with Crippen LogP contribution < -0.4 is 4.74 Å². The van der Waals surface area contributed by atoms with Gasteiger partial charge in [0.15, 0.2) is 0 Å². The van der Waals surface area contributed by atoms with Crippen molar-refractivity contribution in [2.45, 2.75) is 31.0 Å². The van der Waals surface area contributed by atoms with E-state index in [1.165, 1.54) is 5.56 Å². The van der Waals surface area contributed by atoms with E-state index in [0.29, 0.717) is 0 Å². The summed E-state index contributed by atoms with van der Waals surface area (Å²) in [5.41, 5.74) is 3.17. The second-order valence-electron chi connectivity index (χ2n) is 7.51. The summed E-state index contributed by atoms with van der Waals surface area (Å²) in [4.78, 5) is 2.37. The molecule has 0 aromatic heterocycles. The van der Waals surface area contributed by atoms with Crippen molar-refractivity contribution in [1.29, 1.82) is 0 Å². The van der Waals surface area contributed by atoms with E-state index in [2.05, 4.69) is 53.4 Å². The molecule has 0 amide bonds. The fraction of sp³-hybridized carbons (Fsp3) is 0.381. The van der Waals surface area contributed by atoms with E-state index < -0.39 is 0 Å². The van der Waals surface area contributed by atoms with Gasteiger partial charge in [-0.25, -0.2) is 5.01 Å². The van der Waals surface area contributed by atoms with Crippen molar-refractivity contribution in [1.82, 2.24) is 9.91 Å². The summed E-state index contributed by atoms with van der Waals surface area (Å²) >= 11 is 6.06. The molecule has 1 fully saturated rings. The van der Waals surface area contributed by atoms with E-state index in [0.717, 1.165) is 54.4 Å². The molecule has 0 aliphatic carbocycles. The standard InChI is InChI=1S/C21H22ClN3O/c1-24-12-10-21(11-13-24)25-19(17-4-2-3-5-20(17)26-21)14-18(23-25)15-6-8-16(22)9-7-15/h2-9,19H,10-14H2,1H3/t19-/m0/s1. The average Bonchev–Trinajstić information content (AvgIpc) is 3.12. The normalized spacial score (nSPS) is 24.0. The Bertz CT molecular complexity index is 856. The van der Waals surface area contributed by atoms with Crippen molar-refractivity contribution in [2.24, 2.45) is 5.10 Å². The van der Waals surface area contributed by atoms with Crippen LogP contribution in [0.4, 0.5) is 0 Å². The van der Waals surface area contributed by atoms with Gasteiger partial charge in [-0.3, -0.25) is 0 Å². The van der Waals surface area contributed by atoms with Gasteiger partial charge in [-0.05, 0) is 30.8 Å². The smallest absolute Gasteiger partial charge is 0.200 e. The van der Waals surface area contributed by atoms with Gasteiger partial charge in [0.05, 0.1) is 11.8 Å². The molecule has 26 heavy (non-hydrogen) atoms. The van der Waals surface area contributed by atoms with E-state index >= 15 is 0 Å². The number of para-hydroxylation sites is 1. The Hall–Kier alpha value is -2.04. The highest BCUT2D eigenvalue weighted by Crippen LogP contribution is 2.49. The second-order valence-corrected chi connectivity index (χ2v) is 7.94. The highest BCUT2D eigenvalue weighted by atomic mass is 35.5. The average molecular weight is 368 g/mol. The van der Waals surface area contributed by atoms with E-state index in [1.807, 2.05) is 12.1 Å². The lowest BCUT2D eigenvalue weighted by molar-refractivity contribution is -0.147. The molecule has 3 heterocycles. The fourth-order valence-electron chi connectivity index (χ4n) is 4.34. The van der Waals surface area contributed by atoms with Crippen molar-refractivity contribution in [3.63, 3.8) is 0 Å². The molecule has 0 radical (unpaired) electrons. The molecular weight excluding hydrogens is 346 g/mol. The highest BCUT2D eigenvalue weighted by molar-refractivity contribution is 6.30. The van der Waals surface area contributed by atoms with Gasteiger partial charge >= 0.3 is 0 Å². The first-order chi connectivity index (χ1) is 12.6. The summed E-state index contributed by atoms with van der Waals surface area (Å²) in [5, 5.41) is 8.09. The Kier molecular flexibility index (Phi) is 3.73. The summed E-state index contributed by atoms with van der Waals surface area (Å²) in [7, 11) is 2.17. The number of benzene rings is 2. The van der Waals surface area contributed by atoms with Gasteiger partial charge in [0.25, 0.3) is 0 Å². The Morgan fingerprint density at radius 3 is 2.58 bits per heavy atom. The maximum Gasteiger partial charge on any atom is 0.200 e. The van der Waals surface area contributed by atoms with E-state index in [4.69, 9.17) is 21.4 Å². The molecule has 3 aliphatic heterocycles. The predicted molar refractivity (Wildman–Crippen MR) is 104 cm³/mol. The Balaban J connectivity index is 1.57. The molecule has 2 aromatic carbocycles. The number of likely N-dealkylation sites (tertiary alicyclic amines) is 1. The van der Waals surface area contributed by atoms with E-state index in [9.17, 15) is 0 Å². The van der Waals surface area contributed by atoms with Gasteiger partial charge in [0, 0.05) is 42.9 Å². The van der Waals surface area contributed by atoms with Crippen molar-refractivity contribution in [3.05, 3.63) is 64.7 Å². The highest BCUT2D eigenvalue weighted by Gasteiger charge is 2.51. The number of ether oxygens (including phenoxy) is 1. The van der Waals surface area contributed by atoms with Gasteiger partial charge in [-0.15, -0.1) is 0 Å². The fourth-order valence-corrected chi connectivity index (χ4v) is 4.47. The van der Waals surface area contributed by atoms with Crippen LogP contribution >= 0.6 is 11.6 Å². The van der Waals surface area contributed by atoms with Crippen LogP contribution in [0.25, 0.3) is 0 Å². The largest absolute Gasteiger partial charge is 0.466 e. The zero-order chi connectivity index (χ0) is 17.7. The van der Waals surface area contributed by atoms with Crippen LogP contribution in [0.15, 0.2) is 53.6 Å². The molecule has 2 aromatic rings. The van der Waals surface area contributed by atoms with Gasteiger partial charge in [0.1, 0.15) is 5.75 Å². The Labute approximate surface area is 159 Å². The number of rotatable bonds is 1. The Morgan fingerprint density at radius 2 is 1.81 bits per heavy atom. The van der Waals surface area contributed by atoms with Crippen molar-refractivity contribution in [3.8, 4) is 5.75 Å². The molecule has 134 valence electrons. The Morgan fingerprint density at radius 1 is 1.08 bits per heavy atom. The van der Waals surface area contributed by atoms with Crippen LogP contribution in [0, 0.1) is 0 Å². The summed E-state index contributed by atoms with van der Waals surface area (Å²) < 4.78 is 6.60. The minimum Gasteiger partial charge on any atom is -0.466 e. The summed E-state index contributed by atoms with van der Waals surface area (Å²) in [6.45, 7) is 2.05. The summed E-state index contributed by atoms with van der Waals surface area (Å²) in [6.07, 6.45) is 2.83. The lowest BCUT2D eigenvalue weighted by Crippen LogP contribution is -2.58. The number of piperidine rings is 1. The molecule has 0 bridgehead atoms. The molecule has 5 heteroatoms. The molecule has 1 spiro atoms. The molecule has 1 saturated heterocycles. The van der Waals surface area contributed by atoms with Gasteiger partial charge in [-0.2, -0.15) is 5.10 Å². The number of fused-ring (bicyclic) bond motifs is 4. The number of nitrogens with zero attached hydrogens (tertiary/aromatic N) is 3. The van der Waals surface area contributed by atoms with Crippen molar-refractivity contribution < 1.29 is 4.74 Å². The van der Waals surface area contributed by atoms with Crippen LogP contribution in [0.5, 0.6) is 5.75 Å². The number of hydrazone groups is 1. The SMILES string of the molecule is CN1CCC2(CC1)Oc1ccccc1[C@@H]1CC(c3ccc(Cl)cc3)=NN12. The van der Waals surface area contributed by atoms with E-state index in [1.54, 1.807) is 0 Å². The third-order valence-electron chi connectivity index (χ3n) is 5.85. The van der Waals surface area contributed by atoms with Crippen molar-refractivity contribution in [2.75, 3.05) is 20.1 Å². The zero-order valence-electron chi connectivity index (χ0n) is 14.9. The maximum absolute atomic E-state index is 6.60. The zero-order valence-corrected chi connectivity index (χ0v) is 15.6.